The standard InChI is InChI=1S/C28H35FN2O/c1-20-14-23(8-9-24-16-26(20)28(32)31(18-24)17-22-6-7-22)15-21-10-12-30(13-11-21)19-25-4-2-3-5-27(25)29/h2-5,9,14,21-22H,6-8,10-13,15-19H2,1H3/b23-14+,24-9+,26-20+. The summed E-state index contributed by atoms with van der Waals surface area (Å²) < 4.78 is 14.0. The van der Waals surface area contributed by atoms with Gasteiger partial charge < -0.3 is 4.90 Å². The van der Waals surface area contributed by atoms with E-state index in [-0.39, 0.29) is 11.7 Å². The van der Waals surface area contributed by atoms with Crippen molar-refractivity contribution in [1.82, 2.24) is 9.80 Å². The van der Waals surface area contributed by atoms with Crippen molar-refractivity contribution in [2.45, 2.75) is 58.4 Å². The first-order valence-corrected chi connectivity index (χ1v) is 12.4. The van der Waals surface area contributed by atoms with E-state index in [1.54, 1.807) is 12.1 Å². The zero-order valence-electron chi connectivity index (χ0n) is 19.3. The molecule has 0 atom stereocenters. The first-order chi connectivity index (χ1) is 15.5. The Balaban J connectivity index is 1.20. The van der Waals surface area contributed by atoms with E-state index in [9.17, 15) is 9.18 Å². The van der Waals surface area contributed by atoms with Crippen molar-refractivity contribution >= 4 is 5.91 Å². The molecule has 2 saturated heterocycles. The number of carbonyl (C=O) groups excluding carboxylic acids is 1. The molecule has 3 nitrogen and oxygen atoms in total. The summed E-state index contributed by atoms with van der Waals surface area (Å²) in [4.78, 5) is 17.5. The Morgan fingerprint density at radius 2 is 1.84 bits per heavy atom. The Bertz CT molecular complexity index is 963. The highest BCUT2D eigenvalue weighted by atomic mass is 19.1. The Hall–Kier alpha value is -2.20. The van der Waals surface area contributed by atoms with Crippen LogP contribution < -0.4 is 0 Å². The van der Waals surface area contributed by atoms with E-state index in [1.165, 1.54) is 29.6 Å². The van der Waals surface area contributed by atoms with Crippen molar-refractivity contribution in [3.8, 4) is 0 Å². The molecule has 0 spiro atoms. The monoisotopic (exact) mass is 434 g/mol. The number of benzene rings is 1. The SMILES string of the molecule is CC1=C2/C/C(=C\C/C(CC3CCN(Cc4ccccc4F)CC3)=C\1)CN(CC1CC1)C2=O. The number of hydrogen-bond donors (Lipinski definition) is 0. The molecule has 5 rings (SSSR count). The fraction of sp³-hybridized carbons (Fsp3) is 0.536. The molecule has 0 aromatic heterocycles. The molecule has 1 amide bonds. The molecule has 3 fully saturated rings. The summed E-state index contributed by atoms with van der Waals surface area (Å²) in [5, 5.41) is 0. The molecule has 1 aromatic rings. The fourth-order valence-corrected chi connectivity index (χ4v) is 5.53. The molecule has 32 heavy (non-hydrogen) atoms. The maximum Gasteiger partial charge on any atom is 0.250 e. The lowest BCUT2D eigenvalue weighted by molar-refractivity contribution is -0.128. The van der Waals surface area contributed by atoms with Gasteiger partial charge in [-0.2, -0.15) is 0 Å². The van der Waals surface area contributed by atoms with Crippen LogP contribution in [-0.4, -0.2) is 41.9 Å². The van der Waals surface area contributed by atoms with E-state index < -0.39 is 0 Å². The van der Waals surface area contributed by atoms with E-state index in [2.05, 4.69) is 28.9 Å². The first-order valence-electron chi connectivity index (χ1n) is 12.4. The fourth-order valence-electron chi connectivity index (χ4n) is 5.53. The number of amides is 1. The van der Waals surface area contributed by atoms with Crippen LogP contribution >= 0.6 is 0 Å². The summed E-state index contributed by atoms with van der Waals surface area (Å²) >= 11 is 0. The second-order valence-corrected chi connectivity index (χ2v) is 10.4. The number of likely N-dealkylation sites (tertiary alicyclic amines) is 2. The van der Waals surface area contributed by atoms with Gasteiger partial charge in [0.15, 0.2) is 0 Å². The lowest BCUT2D eigenvalue weighted by Crippen LogP contribution is -2.40. The third kappa shape index (κ3) is 5.06. The molecule has 4 heteroatoms. The zero-order chi connectivity index (χ0) is 22.1. The third-order valence-electron chi connectivity index (χ3n) is 7.68. The molecule has 0 N–H and O–H groups in total. The number of rotatable bonds is 6. The van der Waals surface area contributed by atoms with Gasteiger partial charge in [-0.05, 0) is 87.6 Å². The molecule has 1 aromatic carbocycles. The van der Waals surface area contributed by atoms with Crippen LogP contribution in [0.15, 0.2) is 58.7 Å². The Morgan fingerprint density at radius 1 is 1.06 bits per heavy atom. The number of halogens is 1. The normalized spacial score (nSPS) is 28.6. The zero-order valence-corrected chi connectivity index (χ0v) is 19.3. The largest absolute Gasteiger partial charge is 0.335 e. The van der Waals surface area contributed by atoms with Crippen LogP contribution in [0.4, 0.5) is 4.39 Å². The van der Waals surface area contributed by atoms with Crippen LogP contribution in [0.3, 0.4) is 0 Å². The predicted molar refractivity (Wildman–Crippen MR) is 126 cm³/mol. The van der Waals surface area contributed by atoms with Crippen LogP contribution in [0.2, 0.25) is 0 Å². The van der Waals surface area contributed by atoms with Crippen molar-refractivity contribution in [2.75, 3.05) is 26.2 Å². The van der Waals surface area contributed by atoms with E-state index in [0.717, 1.165) is 75.3 Å². The predicted octanol–water partition coefficient (Wildman–Crippen LogP) is 5.64. The Labute approximate surface area is 191 Å². The van der Waals surface area contributed by atoms with Gasteiger partial charge in [-0.25, -0.2) is 4.39 Å². The van der Waals surface area contributed by atoms with Gasteiger partial charge in [0.2, 0.25) is 0 Å². The second-order valence-electron chi connectivity index (χ2n) is 10.4. The minimum atomic E-state index is -0.0957. The van der Waals surface area contributed by atoms with Gasteiger partial charge in [-0.15, -0.1) is 0 Å². The minimum absolute atomic E-state index is 0.0957. The smallest absolute Gasteiger partial charge is 0.250 e. The molecule has 0 unspecified atom stereocenters. The summed E-state index contributed by atoms with van der Waals surface area (Å²) in [5.41, 5.74) is 5.88. The second kappa shape index (κ2) is 9.35. The quantitative estimate of drug-likeness (QED) is 0.541. The average Bonchev–Trinajstić information content (AvgIpc) is 3.60. The molecular formula is C28H35FN2O. The minimum Gasteiger partial charge on any atom is -0.335 e. The van der Waals surface area contributed by atoms with E-state index >= 15 is 0 Å². The maximum atomic E-state index is 14.0. The van der Waals surface area contributed by atoms with Crippen molar-refractivity contribution < 1.29 is 9.18 Å². The Kier molecular flexibility index (Phi) is 6.32. The first kappa shape index (κ1) is 21.6. The summed E-state index contributed by atoms with van der Waals surface area (Å²) in [7, 11) is 0. The Morgan fingerprint density at radius 3 is 2.59 bits per heavy atom. The maximum absolute atomic E-state index is 14.0. The molecule has 2 heterocycles. The van der Waals surface area contributed by atoms with Crippen molar-refractivity contribution in [1.29, 1.82) is 0 Å². The van der Waals surface area contributed by atoms with Crippen LogP contribution in [-0.2, 0) is 11.3 Å². The lowest BCUT2D eigenvalue weighted by atomic mass is 9.84. The molecule has 170 valence electrons. The van der Waals surface area contributed by atoms with Gasteiger partial charge in [0.05, 0.1) is 0 Å². The number of nitrogens with zero attached hydrogens (tertiary/aromatic N) is 2. The summed E-state index contributed by atoms with van der Waals surface area (Å²) in [6.45, 7) is 6.67. The highest BCUT2D eigenvalue weighted by molar-refractivity contribution is 5.96. The summed E-state index contributed by atoms with van der Waals surface area (Å²) in [5.74, 6) is 1.58. The highest BCUT2D eigenvalue weighted by Crippen LogP contribution is 2.35. The van der Waals surface area contributed by atoms with E-state index in [1.807, 2.05) is 12.1 Å². The summed E-state index contributed by atoms with van der Waals surface area (Å²) in [6.07, 6.45) is 12.6. The molecule has 0 radical (unpaired) electrons. The highest BCUT2D eigenvalue weighted by Gasteiger charge is 2.33. The number of hydrogen-bond acceptors (Lipinski definition) is 2. The summed E-state index contributed by atoms with van der Waals surface area (Å²) in [6, 6.07) is 7.13. The van der Waals surface area contributed by atoms with Crippen molar-refractivity contribution in [2.24, 2.45) is 11.8 Å². The number of piperidine rings is 2. The van der Waals surface area contributed by atoms with Crippen LogP contribution in [0.25, 0.3) is 0 Å². The van der Waals surface area contributed by atoms with Crippen LogP contribution in [0, 0.1) is 17.7 Å². The average molecular weight is 435 g/mol. The number of allylic oxidation sites excluding steroid dienone is 4. The molecule has 1 saturated carbocycles. The number of carbonyl (C=O) groups is 1. The van der Waals surface area contributed by atoms with Gasteiger partial charge in [0.1, 0.15) is 5.82 Å². The van der Waals surface area contributed by atoms with E-state index in [4.69, 9.17) is 0 Å². The number of fused-ring (bicyclic) bond motifs is 2. The topological polar surface area (TPSA) is 23.6 Å². The third-order valence-corrected chi connectivity index (χ3v) is 7.68. The van der Waals surface area contributed by atoms with Crippen molar-refractivity contribution in [3.63, 3.8) is 0 Å². The molecular weight excluding hydrogens is 399 g/mol. The van der Waals surface area contributed by atoms with Crippen LogP contribution in [0.1, 0.15) is 57.4 Å². The van der Waals surface area contributed by atoms with Gasteiger partial charge in [0.25, 0.3) is 5.91 Å². The van der Waals surface area contributed by atoms with Gasteiger partial charge >= 0.3 is 0 Å². The lowest BCUT2D eigenvalue weighted by Gasteiger charge is -2.34. The van der Waals surface area contributed by atoms with Crippen molar-refractivity contribution in [3.05, 3.63) is 70.1 Å². The molecule has 2 bridgehead atoms. The molecule has 2 aliphatic heterocycles. The molecule has 2 aliphatic carbocycles. The van der Waals surface area contributed by atoms with Gasteiger partial charge in [0, 0.05) is 37.2 Å². The van der Waals surface area contributed by atoms with Gasteiger partial charge in [-0.3, -0.25) is 9.69 Å². The molecule has 4 aliphatic rings. The van der Waals surface area contributed by atoms with E-state index in [0.29, 0.717) is 12.5 Å². The van der Waals surface area contributed by atoms with Crippen LogP contribution in [0.5, 0.6) is 0 Å². The van der Waals surface area contributed by atoms with Gasteiger partial charge in [-0.1, -0.05) is 35.9 Å².